The Morgan fingerprint density at radius 3 is 2.46 bits per heavy atom. The van der Waals surface area contributed by atoms with Crippen LogP contribution in [0, 0.1) is 24.0 Å². The molecule has 0 fully saturated rings. The molecule has 0 atom stereocenters. The molecule has 0 radical (unpaired) electrons. The SMILES string of the molecule is Cc1cc(/C=N\Nc2ccc([N+](=O)[O-])cn2)c(C)n1-c1ccc(N(C)C)cc1. The molecule has 0 amide bonds. The Hall–Kier alpha value is -3.68. The second-order valence-electron chi connectivity index (χ2n) is 6.60. The summed E-state index contributed by atoms with van der Waals surface area (Å²) in [5.41, 5.74) is 8.12. The van der Waals surface area contributed by atoms with E-state index in [1.54, 1.807) is 6.21 Å². The zero-order valence-electron chi connectivity index (χ0n) is 16.2. The van der Waals surface area contributed by atoms with Crippen molar-refractivity contribution in [2.45, 2.75) is 13.8 Å². The molecular formula is C20H22N6O2. The van der Waals surface area contributed by atoms with E-state index in [0.29, 0.717) is 5.82 Å². The van der Waals surface area contributed by atoms with Crippen LogP contribution in [0.1, 0.15) is 17.0 Å². The highest BCUT2D eigenvalue weighted by atomic mass is 16.6. The number of hydrogen-bond donors (Lipinski definition) is 1. The van der Waals surface area contributed by atoms with E-state index in [9.17, 15) is 10.1 Å². The number of nitro groups is 1. The van der Waals surface area contributed by atoms with E-state index in [-0.39, 0.29) is 5.69 Å². The summed E-state index contributed by atoms with van der Waals surface area (Å²) >= 11 is 0. The number of aromatic nitrogens is 2. The zero-order valence-corrected chi connectivity index (χ0v) is 16.2. The summed E-state index contributed by atoms with van der Waals surface area (Å²) in [6, 6.07) is 13.3. The fourth-order valence-corrected chi connectivity index (χ4v) is 2.94. The van der Waals surface area contributed by atoms with Crippen molar-refractivity contribution in [2.24, 2.45) is 5.10 Å². The van der Waals surface area contributed by atoms with Crippen molar-refractivity contribution >= 4 is 23.4 Å². The van der Waals surface area contributed by atoms with Gasteiger partial charge in [-0.3, -0.25) is 15.5 Å². The van der Waals surface area contributed by atoms with Gasteiger partial charge in [-0.25, -0.2) is 4.98 Å². The van der Waals surface area contributed by atoms with Crippen molar-refractivity contribution in [3.05, 3.63) is 75.7 Å². The zero-order chi connectivity index (χ0) is 20.3. The molecule has 0 saturated heterocycles. The molecule has 3 rings (SSSR count). The third-order valence-electron chi connectivity index (χ3n) is 4.44. The van der Waals surface area contributed by atoms with Crippen LogP contribution in [-0.2, 0) is 0 Å². The summed E-state index contributed by atoms with van der Waals surface area (Å²) in [6.07, 6.45) is 2.91. The highest BCUT2D eigenvalue weighted by molar-refractivity contribution is 5.82. The fraction of sp³-hybridized carbons (Fsp3) is 0.200. The number of anilines is 2. The highest BCUT2D eigenvalue weighted by Gasteiger charge is 2.10. The van der Waals surface area contributed by atoms with E-state index in [1.807, 2.05) is 21.0 Å². The Balaban J connectivity index is 1.77. The van der Waals surface area contributed by atoms with Crippen LogP contribution in [-0.4, -0.2) is 34.8 Å². The Morgan fingerprint density at radius 1 is 1.18 bits per heavy atom. The van der Waals surface area contributed by atoms with Crippen LogP contribution in [0.3, 0.4) is 0 Å². The number of nitrogens with zero attached hydrogens (tertiary/aromatic N) is 5. The van der Waals surface area contributed by atoms with Crippen molar-refractivity contribution in [1.29, 1.82) is 0 Å². The van der Waals surface area contributed by atoms with Crippen molar-refractivity contribution < 1.29 is 4.92 Å². The lowest BCUT2D eigenvalue weighted by Crippen LogP contribution is -2.08. The van der Waals surface area contributed by atoms with Crippen LogP contribution in [0.25, 0.3) is 5.69 Å². The number of aryl methyl sites for hydroxylation is 1. The second kappa shape index (κ2) is 7.91. The van der Waals surface area contributed by atoms with Gasteiger partial charge in [0.2, 0.25) is 0 Å². The van der Waals surface area contributed by atoms with E-state index < -0.39 is 4.92 Å². The normalized spacial score (nSPS) is 11.0. The van der Waals surface area contributed by atoms with Gasteiger partial charge in [0.1, 0.15) is 12.0 Å². The van der Waals surface area contributed by atoms with Gasteiger partial charge in [-0.15, -0.1) is 0 Å². The van der Waals surface area contributed by atoms with Crippen LogP contribution in [0.2, 0.25) is 0 Å². The van der Waals surface area contributed by atoms with Gasteiger partial charge in [0.15, 0.2) is 0 Å². The van der Waals surface area contributed by atoms with E-state index in [0.717, 1.165) is 28.3 Å². The molecule has 0 aliphatic rings. The minimum Gasteiger partial charge on any atom is -0.378 e. The first-order valence-corrected chi connectivity index (χ1v) is 8.73. The predicted molar refractivity (Wildman–Crippen MR) is 112 cm³/mol. The predicted octanol–water partition coefficient (Wildman–Crippen LogP) is 3.91. The Bertz CT molecular complexity index is 1000. The standard InChI is InChI=1S/C20H22N6O2/c1-14-11-16(12-22-23-20-10-9-19(13-21-20)26(27)28)15(2)25(14)18-7-5-17(6-8-18)24(3)4/h5-13H,1-4H3,(H,21,23)/b22-12-. The van der Waals surface area contributed by atoms with E-state index in [2.05, 4.69) is 62.2 Å². The summed E-state index contributed by atoms with van der Waals surface area (Å²) in [7, 11) is 4.03. The first-order chi connectivity index (χ1) is 13.4. The molecule has 1 N–H and O–H groups in total. The number of pyridine rings is 1. The van der Waals surface area contributed by atoms with Gasteiger partial charge in [-0.2, -0.15) is 5.10 Å². The summed E-state index contributed by atoms with van der Waals surface area (Å²) in [4.78, 5) is 16.2. The monoisotopic (exact) mass is 378 g/mol. The van der Waals surface area contributed by atoms with E-state index >= 15 is 0 Å². The van der Waals surface area contributed by atoms with Crippen molar-refractivity contribution in [3.63, 3.8) is 0 Å². The van der Waals surface area contributed by atoms with Crippen LogP contribution in [0.5, 0.6) is 0 Å². The molecule has 0 saturated carbocycles. The summed E-state index contributed by atoms with van der Waals surface area (Å²) in [5, 5.41) is 14.9. The maximum Gasteiger partial charge on any atom is 0.287 e. The lowest BCUT2D eigenvalue weighted by atomic mass is 10.2. The average molecular weight is 378 g/mol. The topological polar surface area (TPSA) is 88.6 Å². The molecule has 144 valence electrons. The van der Waals surface area contributed by atoms with Gasteiger partial charge in [-0.1, -0.05) is 0 Å². The third-order valence-corrected chi connectivity index (χ3v) is 4.44. The molecule has 0 aliphatic carbocycles. The van der Waals surface area contributed by atoms with Crippen LogP contribution in [0.4, 0.5) is 17.2 Å². The molecule has 3 aromatic rings. The highest BCUT2D eigenvalue weighted by Crippen LogP contribution is 2.22. The van der Waals surface area contributed by atoms with Gasteiger partial charge in [0.05, 0.1) is 11.1 Å². The molecular weight excluding hydrogens is 356 g/mol. The van der Waals surface area contributed by atoms with Crippen molar-refractivity contribution in [3.8, 4) is 5.69 Å². The summed E-state index contributed by atoms with van der Waals surface area (Å²) < 4.78 is 2.17. The number of rotatable bonds is 6. The summed E-state index contributed by atoms with van der Waals surface area (Å²) in [6.45, 7) is 4.09. The van der Waals surface area contributed by atoms with Crippen LogP contribution < -0.4 is 10.3 Å². The number of hydrogen-bond acceptors (Lipinski definition) is 6. The lowest BCUT2D eigenvalue weighted by Gasteiger charge is -2.14. The minimum atomic E-state index is -0.486. The molecule has 0 bridgehead atoms. The first-order valence-electron chi connectivity index (χ1n) is 8.73. The molecule has 2 aromatic heterocycles. The second-order valence-corrected chi connectivity index (χ2v) is 6.60. The van der Waals surface area contributed by atoms with Crippen LogP contribution >= 0.6 is 0 Å². The molecule has 8 heteroatoms. The van der Waals surface area contributed by atoms with Gasteiger partial charge < -0.3 is 9.47 Å². The van der Waals surface area contributed by atoms with Gasteiger partial charge >= 0.3 is 0 Å². The number of hydrazone groups is 1. The van der Waals surface area contributed by atoms with E-state index in [1.165, 1.54) is 18.3 Å². The maximum absolute atomic E-state index is 10.7. The third kappa shape index (κ3) is 4.01. The minimum absolute atomic E-state index is 0.0571. The van der Waals surface area contributed by atoms with Gasteiger partial charge in [0.25, 0.3) is 5.69 Å². The fourth-order valence-electron chi connectivity index (χ4n) is 2.94. The van der Waals surface area contributed by atoms with Crippen molar-refractivity contribution in [2.75, 3.05) is 24.4 Å². The summed E-state index contributed by atoms with van der Waals surface area (Å²) in [5.74, 6) is 0.440. The Kier molecular flexibility index (Phi) is 5.39. The molecule has 28 heavy (non-hydrogen) atoms. The molecule has 0 spiro atoms. The Morgan fingerprint density at radius 2 is 1.89 bits per heavy atom. The molecule has 8 nitrogen and oxygen atoms in total. The van der Waals surface area contributed by atoms with E-state index in [4.69, 9.17) is 0 Å². The quantitative estimate of drug-likeness (QED) is 0.399. The molecule has 0 aliphatic heterocycles. The molecule has 0 unspecified atom stereocenters. The lowest BCUT2D eigenvalue weighted by molar-refractivity contribution is -0.385. The number of nitrogens with one attached hydrogen (secondary N) is 1. The van der Waals surface area contributed by atoms with Gasteiger partial charge in [0, 0.05) is 48.5 Å². The average Bonchev–Trinajstić information content (AvgIpc) is 2.95. The smallest absolute Gasteiger partial charge is 0.287 e. The first kappa shape index (κ1) is 19.1. The largest absolute Gasteiger partial charge is 0.378 e. The molecule has 1 aromatic carbocycles. The Labute approximate surface area is 163 Å². The number of benzene rings is 1. The molecule has 2 heterocycles. The maximum atomic E-state index is 10.7. The van der Waals surface area contributed by atoms with Crippen LogP contribution in [0.15, 0.2) is 53.8 Å². The van der Waals surface area contributed by atoms with Gasteiger partial charge in [-0.05, 0) is 50.2 Å². The van der Waals surface area contributed by atoms with Crippen molar-refractivity contribution in [1.82, 2.24) is 9.55 Å².